The molecule has 1 aromatic heterocycles. The lowest BCUT2D eigenvalue weighted by molar-refractivity contribution is 0.240. The zero-order chi connectivity index (χ0) is 10.4. The SMILES string of the molecule is CC1CCCC(N)C1C.c1c[nH]cn1. The topological polar surface area (TPSA) is 54.7 Å². The Morgan fingerprint density at radius 3 is 2.50 bits per heavy atom. The molecular weight excluding hydrogens is 174 g/mol. The minimum Gasteiger partial charge on any atom is -0.351 e. The van der Waals surface area contributed by atoms with E-state index in [-0.39, 0.29) is 0 Å². The summed E-state index contributed by atoms with van der Waals surface area (Å²) in [5.41, 5.74) is 5.87. The summed E-state index contributed by atoms with van der Waals surface area (Å²) in [7, 11) is 0. The van der Waals surface area contributed by atoms with Crippen molar-refractivity contribution in [3.8, 4) is 0 Å². The van der Waals surface area contributed by atoms with Crippen LogP contribution in [0.5, 0.6) is 0 Å². The third-order valence-corrected chi connectivity index (χ3v) is 3.18. The number of hydrogen-bond acceptors (Lipinski definition) is 2. The largest absolute Gasteiger partial charge is 0.351 e. The molecule has 1 fully saturated rings. The second kappa shape index (κ2) is 5.81. The highest BCUT2D eigenvalue weighted by Gasteiger charge is 2.23. The Morgan fingerprint density at radius 2 is 2.14 bits per heavy atom. The highest BCUT2D eigenvalue weighted by molar-refractivity contribution is 4.78. The van der Waals surface area contributed by atoms with E-state index in [0.29, 0.717) is 6.04 Å². The van der Waals surface area contributed by atoms with Gasteiger partial charge < -0.3 is 10.7 Å². The maximum Gasteiger partial charge on any atom is 0.0919 e. The average molecular weight is 195 g/mol. The van der Waals surface area contributed by atoms with E-state index in [4.69, 9.17) is 5.73 Å². The van der Waals surface area contributed by atoms with E-state index in [1.807, 2.05) is 0 Å². The van der Waals surface area contributed by atoms with Gasteiger partial charge in [-0.15, -0.1) is 0 Å². The van der Waals surface area contributed by atoms with Crippen LogP contribution in [0.3, 0.4) is 0 Å². The Kier molecular flexibility index (Phi) is 4.66. The van der Waals surface area contributed by atoms with Crippen molar-refractivity contribution in [3.63, 3.8) is 0 Å². The van der Waals surface area contributed by atoms with Gasteiger partial charge in [0, 0.05) is 18.4 Å². The summed E-state index contributed by atoms with van der Waals surface area (Å²) in [6.07, 6.45) is 9.05. The first-order valence-electron chi connectivity index (χ1n) is 5.40. The average Bonchev–Trinajstić information content (AvgIpc) is 2.72. The lowest BCUT2D eigenvalue weighted by Crippen LogP contribution is -2.35. The number of aromatic nitrogens is 2. The van der Waals surface area contributed by atoms with E-state index < -0.39 is 0 Å². The van der Waals surface area contributed by atoms with E-state index >= 15 is 0 Å². The van der Waals surface area contributed by atoms with Crippen LogP contribution in [0.15, 0.2) is 18.7 Å². The van der Waals surface area contributed by atoms with Crippen molar-refractivity contribution in [1.82, 2.24) is 9.97 Å². The van der Waals surface area contributed by atoms with Gasteiger partial charge in [0.25, 0.3) is 0 Å². The molecule has 0 bridgehead atoms. The highest BCUT2D eigenvalue weighted by Crippen LogP contribution is 2.27. The van der Waals surface area contributed by atoms with E-state index in [2.05, 4.69) is 23.8 Å². The van der Waals surface area contributed by atoms with Crippen LogP contribution < -0.4 is 5.73 Å². The highest BCUT2D eigenvalue weighted by atomic mass is 14.8. The molecule has 0 aliphatic heterocycles. The monoisotopic (exact) mass is 195 g/mol. The second-order valence-electron chi connectivity index (χ2n) is 4.19. The Bertz CT molecular complexity index is 193. The molecule has 1 saturated carbocycles. The lowest BCUT2D eigenvalue weighted by atomic mass is 9.78. The molecule has 0 radical (unpaired) electrons. The van der Waals surface area contributed by atoms with E-state index in [0.717, 1.165) is 11.8 Å². The molecule has 0 aromatic carbocycles. The van der Waals surface area contributed by atoms with Crippen LogP contribution in [0.2, 0.25) is 0 Å². The third-order valence-electron chi connectivity index (χ3n) is 3.18. The molecule has 0 spiro atoms. The molecule has 14 heavy (non-hydrogen) atoms. The van der Waals surface area contributed by atoms with Crippen molar-refractivity contribution in [1.29, 1.82) is 0 Å². The smallest absolute Gasteiger partial charge is 0.0919 e. The molecule has 3 heteroatoms. The number of hydrogen-bond donors (Lipinski definition) is 2. The van der Waals surface area contributed by atoms with Crippen molar-refractivity contribution in [2.24, 2.45) is 17.6 Å². The standard InChI is InChI=1S/C8H17N.C3H4N2/c1-6-4-3-5-8(9)7(6)2;1-2-5-3-4-1/h6-8H,3-5,9H2,1-2H3;1-3H,(H,4,5). The molecule has 1 aliphatic rings. The van der Waals surface area contributed by atoms with Crippen LogP contribution >= 0.6 is 0 Å². The molecule has 0 saturated heterocycles. The van der Waals surface area contributed by atoms with Gasteiger partial charge in [-0.1, -0.05) is 26.7 Å². The number of imidazole rings is 1. The van der Waals surface area contributed by atoms with Gasteiger partial charge in [0.1, 0.15) is 0 Å². The number of aromatic amines is 1. The molecule has 0 amide bonds. The summed E-state index contributed by atoms with van der Waals surface area (Å²) in [5.74, 6) is 1.60. The van der Waals surface area contributed by atoms with Gasteiger partial charge in [-0.25, -0.2) is 4.98 Å². The van der Waals surface area contributed by atoms with Crippen LogP contribution in [0, 0.1) is 11.8 Å². The Hall–Kier alpha value is -0.830. The molecule has 3 nitrogen and oxygen atoms in total. The zero-order valence-corrected chi connectivity index (χ0v) is 9.11. The molecule has 1 aliphatic carbocycles. The summed E-state index contributed by atoms with van der Waals surface area (Å²) >= 11 is 0. The fourth-order valence-electron chi connectivity index (χ4n) is 1.84. The molecule has 80 valence electrons. The second-order valence-corrected chi connectivity index (χ2v) is 4.19. The minimum absolute atomic E-state index is 0.480. The van der Waals surface area contributed by atoms with E-state index in [1.165, 1.54) is 19.3 Å². The molecule has 1 heterocycles. The summed E-state index contributed by atoms with van der Waals surface area (Å²) in [6.45, 7) is 4.58. The zero-order valence-electron chi connectivity index (χ0n) is 9.11. The van der Waals surface area contributed by atoms with Crippen LogP contribution in [-0.4, -0.2) is 16.0 Å². The van der Waals surface area contributed by atoms with Crippen molar-refractivity contribution in [2.75, 3.05) is 0 Å². The molecule has 3 N–H and O–H groups in total. The fraction of sp³-hybridized carbons (Fsp3) is 0.727. The predicted molar refractivity (Wildman–Crippen MR) is 58.7 cm³/mol. The molecule has 2 rings (SSSR count). The van der Waals surface area contributed by atoms with Gasteiger partial charge in [-0.3, -0.25) is 0 Å². The maximum absolute atomic E-state index is 5.87. The van der Waals surface area contributed by atoms with Crippen molar-refractivity contribution >= 4 is 0 Å². The summed E-state index contributed by atoms with van der Waals surface area (Å²) in [5, 5.41) is 0. The van der Waals surface area contributed by atoms with Gasteiger partial charge in [-0.05, 0) is 18.3 Å². The first kappa shape index (κ1) is 11.2. The predicted octanol–water partition coefficient (Wildman–Crippen LogP) is 2.18. The number of nitrogens with one attached hydrogen (secondary N) is 1. The molecular formula is C11H21N3. The Balaban J connectivity index is 0.000000165. The third kappa shape index (κ3) is 3.50. The number of nitrogens with two attached hydrogens (primary N) is 1. The lowest BCUT2D eigenvalue weighted by Gasteiger charge is -2.31. The van der Waals surface area contributed by atoms with Gasteiger partial charge >= 0.3 is 0 Å². The summed E-state index contributed by atoms with van der Waals surface area (Å²) < 4.78 is 0. The first-order valence-corrected chi connectivity index (χ1v) is 5.40. The van der Waals surface area contributed by atoms with Gasteiger partial charge in [-0.2, -0.15) is 0 Å². The van der Waals surface area contributed by atoms with Crippen molar-refractivity contribution in [2.45, 2.75) is 39.2 Å². The van der Waals surface area contributed by atoms with Crippen molar-refractivity contribution < 1.29 is 0 Å². The van der Waals surface area contributed by atoms with Gasteiger partial charge in [0.05, 0.1) is 6.33 Å². The number of nitrogens with zero attached hydrogens (tertiary/aromatic N) is 1. The Labute approximate surface area is 86.1 Å². The normalized spacial score (nSPS) is 31.8. The summed E-state index contributed by atoms with van der Waals surface area (Å²) in [4.78, 5) is 6.42. The van der Waals surface area contributed by atoms with Crippen LogP contribution in [-0.2, 0) is 0 Å². The van der Waals surface area contributed by atoms with Crippen LogP contribution in [0.4, 0.5) is 0 Å². The van der Waals surface area contributed by atoms with Crippen molar-refractivity contribution in [3.05, 3.63) is 18.7 Å². The fourth-order valence-corrected chi connectivity index (χ4v) is 1.84. The maximum atomic E-state index is 5.87. The minimum atomic E-state index is 0.480. The van der Waals surface area contributed by atoms with Gasteiger partial charge in [0.15, 0.2) is 0 Å². The van der Waals surface area contributed by atoms with Crippen LogP contribution in [0.1, 0.15) is 33.1 Å². The van der Waals surface area contributed by atoms with E-state index in [9.17, 15) is 0 Å². The number of H-pyrrole nitrogens is 1. The Morgan fingerprint density at radius 1 is 1.36 bits per heavy atom. The summed E-state index contributed by atoms with van der Waals surface area (Å²) in [6, 6.07) is 0.480. The first-order chi connectivity index (χ1) is 6.72. The number of rotatable bonds is 0. The molecule has 3 atom stereocenters. The van der Waals surface area contributed by atoms with E-state index in [1.54, 1.807) is 18.7 Å². The van der Waals surface area contributed by atoms with Crippen LogP contribution in [0.25, 0.3) is 0 Å². The quantitative estimate of drug-likeness (QED) is 0.666. The molecule has 3 unspecified atom stereocenters. The van der Waals surface area contributed by atoms with Gasteiger partial charge in [0.2, 0.25) is 0 Å². The molecule has 1 aromatic rings.